The lowest BCUT2D eigenvalue weighted by molar-refractivity contribution is -0.0366. The zero-order valence-electron chi connectivity index (χ0n) is 30.6. The Morgan fingerprint density at radius 3 is 2.45 bits per heavy atom. The number of amides is 1. The molecule has 3 aromatic heterocycles. The molecule has 0 spiro atoms. The molecule has 12 nitrogen and oxygen atoms in total. The summed E-state index contributed by atoms with van der Waals surface area (Å²) in [6, 6.07) is 14.1. The van der Waals surface area contributed by atoms with Crippen LogP contribution in [0.15, 0.2) is 54.9 Å². The van der Waals surface area contributed by atoms with Gasteiger partial charge in [-0.25, -0.2) is 23.5 Å². The summed E-state index contributed by atoms with van der Waals surface area (Å²) >= 11 is 0. The van der Waals surface area contributed by atoms with Gasteiger partial charge in [0, 0.05) is 36.0 Å². The van der Waals surface area contributed by atoms with Crippen molar-refractivity contribution >= 4 is 34.0 Å². The molecule has 2 fully saturated rings. The predicted octanol–water partition coefficient (Wildman–Crippen LogP) is 8.18. The molecule has 1 aliphatic carbocycles. The number of hydrogen-bond donors (Lipinski definition) is 0. The van der Waals surface area contributed by atoms with Crippen LogP contribution in [-0.4, -0.2) is 70.8 Å². The number of ether oxygens (including phenoxy) is 3. The summed E-state index contributed by atoms with van der Waals surface area (Å²) in [4.78, 5) is 29.0. The minimum absolute atomic E-state index is 0.0593. The number of carbonyl (C=O) groups is 2. The Morgan fingerprint density at radius 1 is 0.941 bits per heavy atom. The first-order valence-corrected chi connectivity index (χ1v) is 18.2. The van der Waals surface area contributed by atoms with Gasteiger partial charge in [0.25, 0.3) is 0 Å². The second-order valence-electron chi connectivity index (χ2n) is 16.0. The van der Waals surface area contributed by atoms with Crippen LogP contribution < -0.4 is 0 Å². The fourth-order valence-corrected chi connectivity index (χ4v) is 6.87. The third-order valence-corrected chi connectivity index (χ3v) is 9.45. The van der Waals surface area contributed by atoms with E-state index in [9.17, 15) is 9.59 Å². The second kappa shape index (κ2) is 13.8. The molecule has 7 rings (SSSR count). The maximum absolute atomic E-state index is 13.8. The molecule has 0 N–H and O–H groups in total. The quantitative estimate of drug-likeness (QED) is 0.160. The summed E-state index contributed by atoms with van der Waals surface area (Å²) in [6.07, 6.45) is 9.85. The van der Waals surface area contributed by atoms with E-state index in [1.807, 2.05) is 95.0 Å². The lowest BCUT2D eigenvalue weighted by Gasteiger charge is -2.33. The molecule has 1 saturated heterocycles. The van der Waals surface area contributed by atoms with E-state index in [-0.39, 0.29) is 18.9 Å². The van der Waals surface area contributed by atoms with E-state index in [2.05, 4.69) is 21.5 Å². The highest BCUT2D eigenvalue weighted by Gasteiger charge is 2.30. The van der Waals surface area contributed by atoms with Gasteiger partial charge in [0.05, 0.1) is 41.4 Å². The van der Waals surface area contributed by atoms with Crippen molar-refractivity contribution in [3.05, 3.63) is 71.8 Å². The zero-order valence-corrected chi connectivity index (χ0v) is 30.6. The third kappa shape index (κ3) is 7.80. The van der Waals surface area contributed by atoms with Crippen LogP contribution in [0, 0.1) is 5.92 Å². The lowest BCUT2D eigenvalue weighted by Crippen LogP contribution is -2.41. The average molecular weight is 696 g/mol. The Bertz CT molecular complexity index is 2040. The van der Waals surface area contributed by atoms with E-state index in [0.29, 0.717) is 30.1 Å². The molecule has 1 amide bonds. The van der Waals surface area contributed by atoms with Crippen molar-refractivity contribution in [1.82, 2.24) is 34.2 Å². The van der Waals surface area contributed by atoms with E-state index in [4.69, 9.17) is 14.2 Å². The van der Waals surface area contributed by atoms with Crippen molar-refractivity contribution < 1.29 is 23.8 Å². The first-order valence-electron chi connectivity index (χ1n) is 18.2. The summed E-state index contributed by atoms with van der Waals surface area (Å²) in [7, 11) is 0. The Morgan fingerprint density at radius 2 is 1.75 bits per heavy atom. The predicted molar refractivity (Wildman–Crippen MR) is 194 cm³/mol. The van der Waals surface area contributed by atoms with Gasteiger partial charge >= 0.3 is 12.2 Å². The highest BCUT2D eigenvalue weighted by Crippen LogP contribution is 2.31. The number of carbonyl (C=O) groups excluding carboxylic acids is 2. The highest BCUT2D eigenvalue weighted by atomic mass is 16.6. The van der Waals surface area contributed by atoms with Gasteiger partial charge in [-0.3, -0.25) is 0 Å². The Hall–Kier alpha value is -4.71. The van der Waals surface area contributed by atoms with E-state index in [1.165, 1.54) is 0 Å². The number of benzene rings is 2. The highest BCUT2D eigenvalue weighted by molar-refractivity contribution is 5.92. The lowest BCUT2D eigenvalue weighted by atomic mass is 9.85. The Labute approximate surface area is 298 Å². The van der Waals surface area contributed by atoms with Gasteiger partial charge in [0.15, 0.2) is 6.23 Å². The maximum Gasteiger partial charge on any atom is 0.419 e. The number of fused-ring (bicyclic) bond motifs is 2. The molecule has 1 aliphatic heterocycles. The summed E-state index contributed by atoms with van der Waals surface area (Å²) in [5, 5.41) is 15.5. The first-order chi connectivity index (χ1) is 24.3. The molecule has 1 atom stereocenters. The molecule has 0 radical (unpaired) electrons. The molecule has 2 aliphatic rings. The fraction of sp³-hybridized carbons (Fsp3) is 0.513. The van der Waals surface area contributed by atoms with Crippen LogP contribution in [0.25, 0.3) is 27.5 Å². The zero-order chi connectivity index (χ0) is 35.9. The van der Waals surface area contributed by atoms with Gasteiger partial charge in [-0.05, 0) is 109 Å². The van der Waals surface area contributed by atoms with Gasteiger partial charge in [-0.2, -0.15) is 5.10 Å². The monoisotopic (exact) mass is 695 g/mol. The normalized spacial score (nSPS) is 17.1. The standard InChI is InChI=1S/C39H49N7O5/c1-38(2,3)50-36(47)43(23-26-11-9-12-26)25-30-21-28-17-16-27(20-34(28)45(30)37(48)51-39(4,5)6)19-29-24-44(42-41-29)32-13-10-14-33-31(32)22-40-46(33)35-15-7-8-18-49-35/h10,13-14,16-17,20-22,24,26,35H,7-9,11-12,15,18-19,23,25H2,1-6H3. The van der Waals surface area contributed by atoms with Crippen molar-refractivity contribution in [3.63, 3.8) is 0 Å². The Kier molecular flexibility index (Phi) is 9.38. The number of hydrogen-bond acceptors (Lipinski definition) is 8. The van der Waals surface area contributed by atoms with Crippen LogP contribution in [-0.2, 0) is 27.2 Å². The van der Waals surface area contributed by atoms with Crippen molar-refractivity contribution in [2.24, 2.45) is 5.92 Å². The molecule has 12 heteroatoms. The van der Waals surface area contributed by atoms with Crippen molar-refractivity contribution in [3.8, 4) is 5.69 Å². The van der Waals surface area contributed by atoms with Crippen molar-refractivity contribution in [2.75, 3.05) is 13.2 Å². The van der Waals surface area contributed by atoms with E-state index in [1.54, 1.807) is 14.1 Å². The molecular formula is C39H49N7O5. The van der Waals surface area contributed by atoms with Crippen molar-refractivity contribution in [2.45, 2.75) is 110 Å². The second-order valence-corrected chi connectivity index (χ2v) is 16.0. The van der Waals surface area contributed by atoms with Gasteiger partial charge in [0.2, 0.25) is 0 Å². The molecule has 0 bridgehead atoms. The van der Waals surface area contributed by atoms with Crippen molar-refractivity contribution in [1.29, 1.82) is 0 Å². The molecule has 5 aromatic rings. The van der Waals surface area contributed by atoms with Gasteiger partial charge in [0.1, 0.15) is 11.2 Å². The number of rotatable bonds is 8. The first kappa shape index (κ1) is 34.7. The molecule has 1 saturated carbocycles. The summed E-state index contributed by atoms with van der Waals surface area (Å²) in [6.45, 7) is 12.7. The SMILES string of the molecule is CC(C)(C)OC(=O)N(Cc1cc2ccc(Cc3cn(-c4cccc5c4cnn5C4CCCCO4)nn3)cc2n1C(=O)OC(C)(C)C)CC1CCC1. The Balaban J connectivity index is 1.18. The van der Waals surface area contributed by atoms with Crippen LogP contribution in [0.4, 0.5) is 9.59 Å². The van der Waals surface area contributed by atoms with Crippen LogP contribution in [0.3, 0.4) is 0 Å². The topological polar surface area (TPSA) is 119 Å². The molecule has 51 heavy (non-hydrogen) atoms. The summed E-state index contributed by atoms with van der Waals surface area (Å²) in [5.41, 5.74) is 3.66. The van der Waals surface area contributed by atoms with Crippen LogP contribution in [0.1, 0.15) is 103 Å². The van der Waals surface area contributed by atoms with Crippen LogP contribution >= 0.6 is 0 Å². The maximum atomic E-state index is 13.8. The average Bonchev–Trinajstić information content (AvgIpc) is 3.77. The molecule has 4 heterocycles. The van der Waals surface area contributed by atoms with Gasteiger partial charge in [-0.15, -0.1) is 5.10 Å². The number of aromatic nitrogens is 6. The molecule has 2 aromatic carbocycles. The summed E-state index contributed by atoms with van der Waals surface area (Å²) < 4.78 is 23.1. The van der Waals surface area contributed by atoms with E-state index < -0.39 is 17.3 Å². The largest absolute Gasteiger partial charge is 0.444 e. The minimum Gasteiger partial charge on any atom is -0.444 e. The molecular weight excluding hydrogens is 646 g/mol. The van der Waals surface area contributed by atoms with Crippen LogP contribution in [0.2, 0.25) is 0 Å². The van der Waals surface area contributed by atoms with E-state index >= 15 is 0 Å². The fourth-order valence-electron chi connectivity index (χ4n) is 6.87. The third-order valence-electron chi connectivity index (χ3n) is 9.45. The van der Waals surface area contributed by atoms with E-state index in [0.717, 1.165) is 78.4 Å². The minimum atomic E-state index is -0.708. The molecule has 270 valence electrons. The van der Waals surface area contributed by atoms with Gasteiger partial charge < -0.3 is 19.1 Å². The molecule has 1 unspecified atom stereocenters. The van der Waals surface area contributed by atoms with Crippen LogP contribution in [0.5, 0.6) is 0 Å². The summed E-state index contributed by atoms with van der Waals surface area (Å²) in [5.74, 6) is 0.422. The smallest absolute Gasteiger partial charge is 0.419 e. The van der Waals surface area contributed by atoms with Gasteiger partial charge in [-0.1, -0.05) is 29.8 Å². The number of nitrogens with zero attached hydrogens (tertiary/aromatic N) is 7.